The van der Waals surface area contributed by atoms with E-state index in [1.807, 2.05) is 6.33 Å². The SMILES string of the molecule is CC1SCCN(CCCn2cnc3c(N)ncnc32)C1C. The highest BCUT2D eigenvalue weighted by Crippen LogP contribution is 2.24. The van der Waals surface area contributed by atoms with Gasteiger partial charge in [0.2, 0.25) is 0 Å². The van der Waals surface area contributed by atoms with Crippen LogP contribution in [0.25, 0.3) is 11.2 Å². The second-order valence-electron chi connectivity index (χ2n) is 5.58. The summed E-state index contributed by atoms with van der Waals surface area (Å²) in [5.74, 6) is 1.69. The van der Waals surface area contributed by atoms with Gasteiger partial charge < -0.3 is 10.3 Å². The van der Waals surface area contributed by atoms with Crippen molar-refractivity contribution in [1.29, 1.82) is 0 Å². The van der Waals surface area contributed by atoms with Crippen molar-refractivity contribution in [3.8, 4) is 0 Å². The molecule has 0 saturated carbocycles. The zero-order chi connectivity index (χ0) is 14.8. The average Bonchev–Trinajstić information content (AvgIpc) is 2.88. The molecule has 1 fully saturated rings. The van der Waals surface area contributed by atoms with Crippen LogP contribution in [0.4, 0.5) is 5.82 Å². The van der Waals surface area contributed by atoms with Crippen LogP contribution in [0.1, 0.15) is 20.3 Å². The molecular weight excluding hydrogens is 284 g/mol. The molecule has 1 saturated heterocycles. The summed E-state index contributed by atoms with van der Waals surface area (Å²) in [7, 11) is 0. The van der Waals surface area contributed by atoms with E-state index in [1.165, 1.54) is 18.6 Å². The van der Waals surface area contributed by atoms with E-state index in [2.05, 4.69) is 50.0 Å². The molecule has 1 aliphatic rings. The third-order valence-electron chi connectivity index (χ3n) is 4.29. The monoisotopic (exact) mass is 306 g/mol. The molecule has 0 bridgehead atoms. The molecule has 2 aromatic heterocycles. The number of nitrogens with zero attached hydrogens (tertiary/aromatic N) is 5. The van der Waals surface area contributed by atoms with Crippen LogP contribution in [0.5, 0.6) is 0 Å². The van der Waals surface area contributed by atoms with E-state index >= 15 is 0 Å². The van der Waals surface area contributed by atoms with Crippen molar-refractivity contribution in [2.24, 2.45) is 0 Å². The number of imidazole rings is 1. The number of nitrogen functional groups attached to an aromatic ring is 1. The van der Waals surface area contributed by atoms with E-state index in [-0.39, 0.29) is 0 Å². The van der Waals surface area contributed by atoms with Gasteiger partial charge in [-0.2, -0.15) is 11.8 Å². The van der Waals surface area contributed by atoms with Gasteiger partial charge in [-0.3, -0.25) is 4.90 Å². The largest absolute Gasteiger partial charge is 0.382 e. The zero-order valence-corrected chi connectivity index (χ0v) is 13.4. The Balaban J connectivity index is 1.61. The van der Waals surface area contributed by atoms with Gasteiger partial charge in [0.1, 0.15) is 11.8 Å². The molecule has 0 radical (unpaired) electrons. The molecule has 6 nitrogen and oxygen atoms in total. The summed E-state index contributed by atoms with van der Waals surface area (Å²) in [6.45, 7) is 7.88. The average molecular weight is 306 g/mol. The second kappa shape index (κ2) is 6.19. The minimum atomic E-state index is 0.453. The van der Waals surface area contributed by atoms with Crippen molar-refractivity contribution in [2.45, 2.75) is 38.1 Å². The molecule has 2 atom stereocenters. The molecule has 2 unspecified atom stereocenters. The number of hydrogen-bond acceptors (Lipinski definition) is 6. The van der Waals surface area contributed by atoms with E-state index in [0.29, 0.717) is 17.4 Å². The van der Waals surface area contributed by atoms with Crippen LogP contribution in [0.3, 0.4) is 0 Å². The molecule has 0 aliphatic carbocycles. The molecule has 0 spiro atoms. The Morgan fingerprint density at radius 3 is 3.00 bits per heavy atom. The molecule has 21 heavy (non-hydrogen) atoms. The lowest BCUT2D eigenvalue weighted by molar-refractivity contribution is 0.207. The molecule has 3 heterocycles. The van der Waals surface area contributed by atoms with Crippen molar-refractivity contribution >= 4 is 28.7 Å². The first-order valence-electron chi connectivity index (χ1n) is 7.44. The van der Waals surface area contributed by atoms with Gasteiger partial charge in [0.15, 0.2) is 11.5 Å². The Hall–Kier alpha value is -1.34. The van der Waals surface area contributed by atoms with Gasteiger partial charge in [0.05, 0.1) is 6.33 Å². The molecule has 114 valence electrons. The first-order valence-corrected chi connectivity index (χ1v) is 8.48. The highest BCUT2D eigenvalue weighted by atomic mass is 32.2. The number of thioether (sulfide) groups is 1. The summed E-state index contributed by atoms with van der Waals surface area (Å²) in [5, 5.41) is 0.723. The van der Waals surface area contributed by atoms with Crippen LogP contribution < -0.4 is 5.73 Å². The number of aryl methyl sites for hydroxylation is 1. The molecule has 0 amide bonds. The summed E-state index contributed by atoms with van der Waals surface area (Å²) in [4.78, 5) is 15.2. The molecule has 3 rings (SSSR count). The lowest BCUT2D eigenvalue weighted by atomic mass is 10.2. The van der Waals surface area contributed by atoms with Gasteiger partial charge in [0, 0.05) is 36.7 Å². The van der Waals surface area contributed by atoms with E-state index in [1.54, 1.807) is 0 Å². The van der Waals surface area contributed by atoms with Crippen molar-refractivity contribution < 1.29 is 0 Å². The van der Waals surface area contributed by atoms with Crippen molar-refractivity contribution in [2.75, 3.05) is 24.6 Å². The standard InChI is InChI=1S/C14H22N6S/c1-10-11(2)21-7-6-19(10)4-3-5-20-9-18-12-13(15)16-8-17-14(12)20/h8-11H,3-7H2,1-2H3,(H2,15,16,17). The fourth-order valence-corrected chi connectivity index (χ4v) is 3.98. The Kier molecular flexibility index (Phi) is 4.30. The van der Waals surface area contributed by atoms with Crippen LogP contribution >= 0.6 is 11.8 Å². The van der Waals surface area contributed by atoms with Crippen molar-refractivity contribution in [1.82, 2.24) is 24.4 Å². The normalized spacial score (nSPS) is 23.7. The summed E-state index contributed by atoms with van der Waals surface area (Å²) in [6, 6.07) is 0.654. The van der Waals surface area contributed by atoms with Gasteiger partial charge in [-0.1, -0.05) is 6.92 Å². The third-order valence-corrected chi connectivity index (χ3v) is 5.63. The summed E-state index contributed by atoms with van der Waals surface area (Å²) >= 11 is 2.08. The Labute approximate surface area is 129 Å². The van der Waals surface area contributed by atoms with Gasteiger partial charge >= 0.3 is 0 Å². The minimum Gasteiger partial charge on any atom is -0.382 e. The fraction of sp³-hybridized carbons (Fsp3) is 0.643. The van der Waals surface area contributed by atoms with Crippen molar-refractivity contribution in [3.05, 3.63) is 12.7 Å². The van der Waals surface area contributed by atoms with Gasteiger partial charge in [-0.05, 0) is 13.3 Å². The third kappa shape index (κ3) is 2.98. The summed E-state index contributed by atoms with van der Waals surface area (Å²) in [5.41, 5.74) is 7.35. The molecular formula is C14H22N6S. The first kappa shape index (κ1) is 14.6. The second-order valence-corrected chi connectivity index (χ2v) is 7.06. The van der Waals surface area contributed by atoms with E-state index in [0.717, 1.165) is 30.4 Å². The highest BCUT2D eigenvalue weighted by Gasteiger charge is 2.24. The lowest BCUT2D eigenvalue weighted by Gasteiger charge is -2.37. The quantitative estimate of drug-likeness (QED) is 0.925. The van der Waals surface area contributed by atoms with Crippen LogP contribution in [0.2, 0.25) is 0 Å². The molecule has 1 aliphatic heterocycles. The van der Waals surface area contributed by atoms with Crippen molar-refractivity contribution in [3.63, 3.8) is 0 Å². The number of rotatable bonds is 4. The number of anilines is 1. The lowest BCUT2D eigenvalue weighted by Crippen LogP contribution is -2.45. The van der Waals surface area contributed by atoms with Gasteiger partial charge in [0.25, 0.3) is 0 Å². The smallest absolute Gasteiger partial charge is 0.165 e. The zero-order valence-electron chi connectivity index (χ0n) is 12.6. The predicted octanol–water partition coefficient (Wildman–Crippen LogP) is 1.62. The molecule has 0 aromatic carbocycles. The maximum absolute atomic E-state index is 5.81. The molecule has 7 heteroatoms. The van der Waals surface area contributed by atoms with Crippen LogP contribution in [0.15, 0.2) is 12.7 Å². The minimum absolute atomic E-state index is 0.453. The predicted molar refractivity (Wildman–Crippen MR) is 87.3 cm³/mol. The van der Waals surface area contributed by atoms with E-state index in [4.69, 9.17) is 5.73 Å². The Morgan fingerprint density at radius 2 is 2.14 bits per heavy atom. The van der Waals surface area contributed by atoms with Gasteiger partial charge in [-0.25, -0.2) is 15.0 Å². The first-order chi connectivity index (χ1) is 10.2. The van der Waals surface area contributed by atoms with E-state index in [9.17, 15) is 0 Å². The topological polar surface area (TPSA) is 72.9 Å². The number of hydrogen-bond donors (Lipinski definition) is 1. The Morgan fingerprint density at radius 1 is 1.29 bits per heavy atom. The maximum Gasteiger partial charge on any atom is 0.165 e. The van der Waals surface area contributed by atoms with Crippen LogP contribution in [-0.4, -0.2) is 54.6 Å². The number of aromatic nitrogens is 4. The maximum atomic E-state index is 5.81. The van der Waals surface area contributed by atoms with Gasteiger partial charge in [-0.15, -0.1) is 0 Å². The van der Waals surface area contributed by atoms with E-state index < -0.39 is 0 Å². The number of nitrogens with two attached hydrogens (primary N) is 1. The van der Waals surface area contributed by atoms with Crippen LogP contribution in [-0.2, 0) is 6.54 Å². The fourth-order valence-electron chi connectivity index (χ4n) is 2.82. The Bertz CT molecular complexity index is 613. The highest BCUT2D eigenvalue weighted by molar-refractivity contribution is 8.00. The number of fused-ring (bicyclic) bond motifs is 1. The summed E-state index contributed by atoms with van der Waals surface area (Å²) in [6.07, 6.45) is 4.41. The van der Waals surface area contributed by atoms with Crippen LogP contribution in [0, 0.1) is 0 Å². The summed E-state index contributed by atoms with van der Waals surface area (Å²) < 4.78 is 2.07. The molecule has 2 aromatic rings. The molecule has 2 N–H and O–H groups in total.